The Hall–Kier alpha value is 0.210. The minimum Gasteiger partial charge on any atom is -0.381 e. The van der Waals surface area contributed by atoms with Crippen LogP contribution in [0.2, 0.25) is 0 Å². The molecular weight excluding hydrogens is 162 g/mol. The molecule has 68 valence electrons. The van der Waals surface area contributed by atoms with E-state index >= 15 is 0 Å². The largest absolute Gasteiger partial charge is 0.381 e. The molecule has 1 aliphatic heterocycles. The first kappa shape index (κ1) is 11.2. The summed E-state index contributed by atoms with van der Waals surface area (Å²) in [5.74, 6) is 0.803. The highest BCUT2D eigenvalue weighted by molar-refractivity contribution is 5.85. The maximum atomic E-state index is 5.40. The SMILES string of the molecule is Cl.NCCCC1CCCOC1. The van der Waals surface area contributed by atoms with Crippen molar-refractivity contribution in [2.24, 2.45) is 11.7 Å². The van der Waals surface area contributed by atoms with Gasteiger partial charge in [0.1, 0.15) is 0 Å². The molecule has 2 nitrogen and oxygen atoms in total. The van der Waals surface area contributed by atoms with E-state index in [1.807, 2.05) is 0 Å². The van der Waals surface area contributed by atoms with Crippen molar-refractivity contribution in [3.05, 3.63) is 0 Å². The summed E-state index contributed by atoms with van der Waals surface area (Å²) in [7, 11) is 0. The molecule has 1 fully saturated rings. The maximum absolute atomic E-state index is 5.40. The Morgan fingerprint density at radius 3 is 2.82 bits per heavy atom. The fourth-order valence-corrected chi connectivity index (χ4v) is 1.44. The third-order valence-corrected chi connectivity index (χ3v) is 2.07. The van der Waals surface area contributed by atoms with Crippen LogP contribution in [-0.4, -0.2) is 19.8 Å². The molecule has 2 N–H and O–H groups in total. The fourth-order valence-electron chi connectivity index (χ4n) is 1.44. The summed E-state index contributed by atoms with van der Waals surface area (Å²) in [6.45, 7) is 2.77. The van der Waals surface area contributed by atoms with Gasteiger partial charge in [-0.1, -0.05) is 0 Å². The summed E-state index contributed by atoms with van der Waals surface area (Å²) in [6.07, 6.45) is 5.01. The van der Waals surface area contributed by atoms with Crippen molar-refractivity contribution in [3.63, 3.8) is 0 Å². The predicted octanol–water partition coefficient (Wildman–Crippen LogP) is 1.57. The number of rotatable bonds is 3. The van der Waals surface area contributed by atoms with Gasteiger partial charge in [-0.05, 0) is 38.1 Å². The first-order valence-electron chi connectivity index (χ1n) is 4.21. The highest BCUT2D eigenvalue weighted by atomic mass is 35.5. The van der Waals surface area contributed by atoms with E-state index in [0.717, 1.165) is 32.1 Å². The van der Waals surface area contributed by atoms with Crippen molar-refractivity contribution >= 4 is 12.4 Å². The van der Waals surface area contributed by atoms with Gasteiger partial charge in [0.05, 0.1) is 0 Å². The van der Waals surface area contributed by atoms with Crippen molar-refractivity contribution in [3.8, 4) is 0 Å². The van der Waals surface area contributed by atoms with E-state index in [4.69, 9.17) is 10.5 Å². The summed E-state index contributed by atoms with van der Waals surface area (Å²) in [4.78, 5) is 0. The van der Waals surface area contributed by atoms with Gasteiger partial charge in [-0.15, -0.1) is 12.4 Å². The molecule has 0 aliphatic carbocycles. The predicted molar refractivity (Wildman–Crippen MR) is 49.1 cm³/mol. The lowest BCUT2D eigenvalue weighted by molar-refractivity contribution is 0.0512. The summed E-state index contributed by atoms with van der Waals surface area (Å²) in [5.41, 5.74) is 5.40. The van der Waals surface area contributed by atoms with Crippen LogP contribution >= 0.6 is 12.4 Å². The Balaban J connectivity index is 0.000001000. The van der Waals surface area contributed by atoms with E-state index in [0.29, 0.717) is 0 Å². The number of hydrogen-bond acceptors (Lipinski definition) is 2. The van der Waals surface area contributed by atoms with Gasteiger partial charge in [-0.25, -0.2) is 0 Å². The third kappa shape index (κ3) is 4.62. The van der Waals surface area contributed by atoms with E-state index in [1.54, 1.807) is 0 Å². The van der Waals surface area contributed by atoms with Crippen molar-refractivity contribution < 1.29 is 4.74 Å². The highest BCUT2D eigenvalue weighted by Crippen LogP contribution is 2.17. The maximum Gasteiger partial charge on any atom is 0.0494 e. The van der Waals surface area contributed by atoms with Crippen LogP contribution in [-0.2, 0) is 4.74 Å². The molecule has 1 aliphatic rings. The minimum absolute atomic E-state index is 0. The van der Waals surface area contributed by atoms with Gasteiger partial charge in [0.15, 0.2) is 0 Å². The Kier molecular flexibility index (Phi) is 7.02. The first-order chi connectivity index (χ1) is 4.93. The van der Waals surface area contributed by atoms with Gasteiger partial charge in [0.25, 0.3) is 0 Å². The highest BCUT2D eigenvalue weighted by Gasteiger charge is 2.12. The van der Waals surface area contributed by atoms with Crippen LogP contribution in [0.15, 0.2) is 0 Å². The van der Waals surface area contributed by atoms with Crippen LogP contribution in [0.4, 0.5) is 0 Å². The van der Waals surface area contributed by atoms with Gasteiger partial charge < -0.3 is 10.5 Å². The van der Waals surface area contributed by atoms with E-state index in [-0.39, 0.29) is 12.4 Å². The van der Waals surface area contributed by atoms with Gasteiger partial charge in [-0.3, -0.25) is 0 Å². The lowest BCUT2D eigenvalue weighted by Crippen LogP contribution is -2.18. The Labute approximate surface area is 74.9 Å². The van der Waals surface area contributed by atoms with Crippen LogP contribution in [0.25, 0.3) is 0 Å². The van der Waals surface area contributed by atoms with Crippen molar-refractivity contribution in [2.75, 3.05) is 19.8 Å². The molecule has 1 rings (SSSR count). The summed E-state index contributed by atoms with van der Waals surface area (Å²) < 4.78 is 5.34. The number of halogens is 1. The fraction of sp³-hybridized carbons (Fsp3) is 1.00. The van der Waals surface area contributed by atoms with Gasteiger partial charge in [-0.2, -0.15) is 0 Å². The van der Waals surface area contributed by atoms with Crippen LogP contribution in [0.5, 0.6) is 0 Å². The molecule has 11 heavy (non-hydrogen) atoms. The molecule has 0 saturated carbocycles. The number of nitrogens with two attached hydrogens (primary N) is 1. The second kappa shape index (κ2) is 6.89. The van der Waals surface area contributed by atoms with Gasteiger partial charge >= 0.3 is 0 Å². The normalized spacial score (nSPS) is 24.3. The second-order valence-corrected chi connectivity index (χ2v) is 3.01. The summed E-state index contributed by atoms with van der Waals surface area (Å²) in [6, 6.07) is 0. The molecule has 1 saturated heterocycles. The Morgan fingerprint density at radius 1 is 1.45 bits per heavy atom. The lowest BCUT2D eigenvalue weighted by Gasteiger charge is -2.21. The van der Waals surface area contributed by atoms with Gasteiger partial charge in [0, 0.05) is 13.2 Å². The number of ether oxygens (including phenoxy) is 1. The average molecular weight is 180 g/mol. The van der Waals surface area contributed by atoms with Crippen LogP contribution in [0.1, 0.15) is 25.7 Å². The lowest BCUT2D eigenvalue weighted by atomic mass is 9.97. The zero-order valence-corrected chi connectivity index (χ0v) is 7.74. The first-order valence-corrected chi connectivity index (χ1v) is 4.21. The van der Waals surface area contributed by atoms with Crippen molar-refractivity contribution in [2.45, 2.75) is 25.7 Å². The molecule has 0 amide bonds. The minimum atomic E-state index is 0. The van der Waals surface area contributed by atoms with Crippen LogP contribution in [0, 0.1) is 5.92 Å². The number of hydrogen-bond donors (Lipinski definition) is 1. The smallest absolute Gasteiger partial charge is 0.0494 e. The molecule has 0 spiro atoms. The van der Waals surface area contributed by atoms with E-state index in [1.165, 1.54) is 19.3 Å². The zero-order valence-electron chi connectivity index (χ0n) is 6.92. The Bertz CT molecular complexity index is 84.2. The molecule has 1 atom stereocenters. The third-order valence-electron chi connectivity index (χ3n) is 2.07. The summed E-state index contributed by atoms with van der Waals surface area (Å²) in [5, 5.41) is 0. The average Bonchev–Trinajstić information content (AvgIpc) is 2.03. The standard InChI is InChI=1S/C8H17NO.ClH/c9-5-1-3-8-4-2-6-10-7-8;/h8H,1-7,9H2;1H. The van der Waals surface area contributed by atoms with Crippen LogP contribution in [0.3, 0.4) is 0 Å². The molecule has 0 aromatic carbocycles. The molecule has 0 radical (unpaired) electrons. The second-order valence-electron chi connectivity index (χ2n) is 3.01. The Morgan fingerprint density at radius 2 is 2.27 bits per heavy atom. The quantitative estimate of drug-likeness (QED) is 0.714. The summed E-state index contributed by atoms with van der Waals surface area (Å²) >= 11 is 0. The van der Waals surface area contributed by atoms with E-state index in [9.17, 15) is 0 Å². The molecule has 0 aromatic heterocycles. The molecular formula is C8H18ClNO. The molecule has 0 bridgehead atoms. The van der Waals surface area contributed by atoms with Gasteiger partial charge in [0.2, 0.25) is 0 Å². The van der Waals surface area contributed by atoms with Crippen molar-refractivity contribution in [1.29, 1.82) is 0 Å². The van der Waals surface area contributed by atoms with E-state index < -0.39 is 0 Å². The van der Waals surface area contributed by atoms with E-state index in [2.05, 4.69) is 0 Å². The molecule has 3 heteroatoms. The topological polar surface area (TPSA) is 35.2 Å². The van der Waals surface area contributed by atoms with Crippen LogP contribution < -0.4 is 5.73 Å². The molecule has 1 unspecified atom stereocenters. The molecule has 1 heterocycles. The zero-order chi connectivity index (χ0) is 7.23. The van der Waals surface area contributed by atoms with Crippen molar-refractivity contribution in [1.82, 2.24) is 0 Å². The molecule has 0 aromatic rings. The monoisotopic (exact) mass is 179 g/mol.